The van der Waals surface area contributed by atoms with Gasteiger partial charge in [0.2, 0.25) is 5.95 Å². The highest BCUT2D eigenvalue weighted by molar-refractivity contribution is 5.28. The summed E-state index contributed by atoms with van der Waals surface area (Å²) in [5.41, 5.74) is 1.26. The van der Waals surface area contributed by atoms with E-state index in [1.54, 1.807) is 4.68 Å². The first-order valence-electron chi connectivity index (χ1n) is 7.09. The highest BCUT2D eigenvalue weighted by Gasteiger charge is 2.00. The molecule has 0 radical (unpaired) electrons. The third-order valence-corrected chi connectivity index (χ3v) is 2.98. The minimum Gasteiger partial charge on any atom is -0.494 e. The van der Waals surface area contributed by atoms with Gasteiger partial charge in [0.25, 0.3) is 0 Å². The zero-order valence-corrected chi connectivity index (χ0v) is 12.9. The number of hydrogen-bond donors (Lipinski definition) is 1. The van der Waals surface area contributed by atoms with Gasteiger partial charge in [-0.05, 0) is 38.2 Å². The van der Waals surface area contributed by atoms with Crippen LogP contribution in [-0.2, 0) is 13.6 Å². The van der Waals surface area contributed by atoms with Gasteiger partial charge in [-0.25, -0.2) is 4.68 Å². The van der Waals surface area contributed by atoms with Crippen LogP contribution >= 0.6 is 0 Å². The lowest BCUT2D eigenvalue weighted by Gasteiger charge is -2.12. The Labute approximate surface area is 125 Å². The molecule has 0 saturated carbocycles. The molecule has 0 atom stereocenters. The van der Waals surface area contributed by atoms with Gasteiger partial charge in [-0.15, -0.1) is 0 Å². The van der Waals surface area contributed by atoms with E-state index in [1.165, 1.54) is 11.9 Å². The van der Waals surface area contributed by atoms with E-state index < -0.39 is 0 Å². The minimum absolute atomic E-state index is 0.677. The lowest BCUT2D eigenvalue weighted by atomic mass is 10.2. The van der Waals surface area contributed by atoms with E-state index in [0.29, 0.717) is 6.61 Å². The predicted octanol–water partition coefficient (Wildman–Crippen LogP) is 1.76. The second kappa shape index (κ2) is 7.64. The van der Waals surface area contributed by atoms with Crippen LogP contribution in [-0.4, -0.2) is 46.9 Å². The maximum absolute atomic E-state index is 5.78. The second-order valence-electron chi connectivity index (χ2n) is 5.22. The molecule has 1 heterocycles. The Balaban J connectivity index is 1.70. The molecule has 0 saturated heterocycles. The Kier molecular flexibility index (Phi) is 5.57. The largest absolute Gasteiger partial charge is 0.494 e. The van der Waals surface area contributed by atoms with Gasteiger partial charge in [0, 0.05) is 20.1 Å². The topological polar surface area (TPSA) is 55.2 Å². The van der Waals surface area contributed by atoms with Gasteiger partial charge < -0.3 is 15.0 Å². The number of nitrogens with zero attached hydrogens (tertiary/aromatic N) is 4. The standard InChI is InChI=1S/C15H23N5O/c1-19(2)11-13-6-4-7-14(10-13)21-9-5-8-16-15-17-12-18-20(15)3/h4,6-7,10,12H,5,8-9,11H2,1-3H3,(H,16,17,18). The summed E-state index contributed by atoms with van der Waals surface area (Å²) >= 11 is 0. The average molecular weight is 289 g/mol. The monoisotopic (exact) mass is 289 g/mol. The molecule has 1 aromatic carbocycles. The van der Waals surface area contributed by atoms with Gasteiger partial charge in [0.15, 0.2) is 0 Å². The van der Waals surface area contributed by atoms with Crippen molar-refractivity contribution >= 4 is 5.95 Å². The van der Waals surface area contributed by atoms with E-state index in [1.807, 2.05) is 19.2 Å². The van der Waals surface area contributed by atoms with Crippen LogP contribution in [0.5, 0.6) is 5.75 Å². The van der Waals surface area contributed by atoms with Crippen LogP contribution in [0.3, 0.4) is 0 Å². The van der Waals surface area contributed by atoms with Crippen molar-refractivity contribution in [1.29, 1.82) is 0 Å². The molecular weight excluding hydrogens is 266 g/mol. The van der Waals surface area contributed by atoms with Gasteiger partial charge >= 0.3 is 0 Å². The molecule has 6 nitrogen and oxygen atoms in total. The Morgan fingerprint density at radius 3 is 2.90 bits per heavy atom. The lowest BCUT2D eigenvalue weighted by Crippen LogP contribution is -2.11. The summed E-state index contributed by atoms with van der Waals surface area (Å²) in [5, 5.41) is 7.22. The lowest BCUT2D eigenvalue weighted by molar-refractivity contribution is 0.313. The molecule has 0 bridgehead atoms. The molecule has 0 aliphatic rings. The zero-order chi connectivity index (χ0) is 15.1. The fourth-order valence-electron chi connectivity index (χ4n) is 2.02. The van der Waals surface area contributed by atoms with Crippen molar-refractivity contribution in [2.24, 2.45) is 7.05 Å². The van der Waals surface area contributed by atoms with Crippen molar-refractivity contribution < 1.29 is 4.74 Å². The maximum Gasteiger partial charge on any atom is 0.220 e. The first-order valence-corrected chi connectivity index (χ1v) is 7.09. The van der Waals surface area contributed by atoms with Crippen molar-refractivity contribution in [3.63, 3.8) is 0 Å². The Morgan fingerprint density at radius 2 is 2.19 bits per heavy atom. The van der Waals surface area contributed by atoms with Crippen LogP contribution in [0.25, 0.3) is 0 Å². The van der Waals surface area contributed by atoms with Crippen LogP contribution < -0.4 is 10.1 Å². The van der Waals surface area contributed by atoms with Crippen molar-refractivity contribution in [2.45, 2.75) is 13.0 Å². The van der Waals surface area contributed by atoms with Gasteiger partial charge in [0.1, 0.15) is 12.1 Å². The number of benzene rings is 1. The molecule has 2 aromatic rings. The highest BCUT2D eigenvalue weighted by Crippen LogP contribution is 2.14. The zero-order valence-electron chi connectivity index (χ0n) is 12.9. The number of hydrogen-bond acceptors (Lipinski definition) is 5. The molecular formula is C15H23N5O. The van der Waals surface area contributed by atoms with Crippen LogP contribution in [0.4, 0.5) is 5.95 Å². The van der Waals surface area contributed by atoms with Crippen LogP contribution in [0.2, 0.25) is 0 Å². The number of nitrogens with one attached hydrogen (secondary N) is 1. The molecule has 0 amide bonds. The molecule has 0 unspecified atom stereocenters. The summed E-state index contributed by atoms with van der Waals surface area (Å²) in [6, 6.07) is 8.24. The minimum atomic E-state index is 0.677. The van der Waals surface area contributed by atoms with Crippen molar-refractivity contribution in [3.8, 4) is 5.75 Å². The smallest absolute Gasteiger partial charge is 0.220 e. The Morgan fingerprint density at radius 1 is 1.33 bits per heavy atom. The molecule has 6 heteroatoms. The summed E-state index contributed by atoms with van der Waals surface area (Å²) in [6.45, 7) is 2.41. The predicted molar refractivity (Wildman–Crippen MR) is 83.4 cm³/mol. The molecule has 114 valence electrons. The molecule has 2 rings (SSSR count). The molecule has 21 heavy (non-hydrogen) atoms. The third-order valence-electron chi connectivity index (χ3n) is 2.98. The fourth-order valence-corrected chi connectivity index (χ4v) is 2.02. The molecule has 0 spiro atoms. The van der Waals surface area contributed by atoms with Crippen molar-refractivity contribution in [2.75, 3.05) is 32.6 Å². The summed E-state index contributed by atoms with van der Waals surface area (Å²) in [6.07, 6.45) is 2.44. The number of aromatic nitrogens is 3. The SMILES string of the molecule is CN(C)Cc1cccc(OCCCNc2ncnn2C)c1. The maximum atomic E-state index is 5.78. The van der Waals surface area contributed by atoms with Crippen molar-refractivity contribution in [3.05, 3.63) is 36.2 Å². The van der Waals surface area contributed by atoms with E-state index in [0.717, 1.165) is 31.2 Å². The first kappa shape index (κ1) is 15.3. The number of rotatable bonds is 8. The van der Waals surface area contributed by atoms with Gasteiger partial charge in [0.05, 0.1) is 6.61 Å². The van der Waals surface area contributed by atoms with E-state index in [9.17, 15) is 0 Å². The molecule has 1 N–H and O–H groups in total. The van der Waals surface area contributed by atoms with E-state index >= 15 is 0 Å². The van der Waals surface area contributed by atoms with Crippen molar-refractivity contribution in [1.82, 2.24) is 19.7 Å². The number of aryl methyl sites for hydroxylation is 1. The number of ether oxygens (including phenoxy) is 1. The summed E-state index contributed by atoms with van der Waals surface area (Å²) in [7, 11) is 5.99. The van der Waals surface area contributed by atoms with Crippen LogP contribution in [0, 0.1) is 0 Å². The summed E-state index contributed by atoms with van der Waals surface area (Å²) in [4.78, 5) is 6.25. The Hall–Kier alpha value is -2.08. The number of anilines is 1. The fraction of sp³-hybridized carbons (Fsp3) is 0.467. The van der Waals surface area contributed by atoms with E-state index in [4.69, 9.17) is 4.74 Å². The van der Waals surface area contributed by atoms with E-state index in [-0.39, 0.29) is 0 Å². The van der Waals surface area contributed by atoms with E-state index in [2.05, 4.69) is 46.5 Å². The highest BCUT2D eigenvalue weighted by atomic mass is 16.5. The molecule has 1 aromatic heterocycles. The molecule has 0 fully saturated rings. The normalized spacial score (nSPS) is 10.9. The average Bonchev–Trinajstić information content (AvgIpc) is 2.84. The first-order chi connectivity index (χ1) is 10.1. The van der Waals surface area contributed by atoms with Gasteiger partial charge in [-0.1, -0.05) is 12.1 Å². The molecule has 0 aliphatic heterocycles. The third kappa shape index (κ3) is 5.07. The van der Waals surface area contributed by atoms with Crippen LogP contribution in [0.1, 0.15) is 12.0 Å². The summed E-state index contributed by atoms with van der Waals surface area (Å²) < 4.78 is 7.49. The quantitative estimate of drug-likeness (QED) is 0.750. The van der Waals surface area contributed by atoms with Crippen LogP contribution in [0.15, 0.2) is 30.6 Å². The summed E-state index contributed by atoms with van der Waals surface area (Å²) in [5.74, 6) is 1.70. The second-order valence-corrected chi connectivity index (χ2v) is 5.22. The Bertz CT molecular complexity index is 553. The van der Waals surface area contributed by atoms with Gasteiger partial charge in [-0.3, -0.25) is 0 Å². The molecule has 0 aliphatic carbocycles. The van der Waals surface area contributed by atoms with Gasteiger partial charge in [-0.2, -0.15) is 10.1 Å².